The smallest absolute Gasteiger partial charge is 0.307 e. The van der Waals surface area contributed by atoms with Crippen molar-refractivity contribution in [2.24, 2.45) is 0 Å². The number of esters is 1. The number of ether oxygens (including phenoxy) is 1. The summed E-state index contributed by atoms with van der Waals surface area (Å²) in [4.78, 5) is 36.3. The second-order valence-corrected chi connectivity index (χ2v) is 6.73. The summed E-state index contributed by atoms with van der Waals surface area (Å²) in [6.45, 7) is 7.28. The fourth-order valence-corrected chi connectivity index (χ4v) is 2.51. The van der Waals surface area contributed by atoms with Gasteiger partial charge in [0.2, 0.25) is 0 Å². The molecule has 1 atom stereocenters. The highest BCUT2D eigenvalue weighted by atomic mass is 16.5. The number of hydrogen-bond acceptors (Lipinski definition) is 4. The van der Waals surface area contributed by atoms with Crippen molar-refractivity contribution in [3.8, 4) is 0 Å². The van der Waals surface area contributed by atoms with E-state index in [2.05, 4.69) is 5.32 Å². The molecule has 2 rings (SSSR count). The molecule has 0 fully saturated rings. The zero-order valence-corrected chi connectivity index (χ0v) is 16.2. The minimum atomic E-state index is -0.938. The summed E-state index contributed by atoms with van der Waals surface area (Å²) >= 11 is 0. The van der Waals surface area contributed by atoms with E-state index in [0.29, 0.717) is 11.3 Å². The number of nitrogens with one attached hydrogen (secondary N) is 1. The number of carbonyl (C=O) groups is 3. The molecule has 0 heterocycles. The molecule has 0 saturated heterocycles. The maximum atomic E-state index is 12.2. The van der Waals surface area contributed by atoms with Crippen molar-refractivity contribution >= 4 is 23.3 Å². The number of anilines is 1. The summed E-state index contributed by atoms with van der Waals surface area (Å²) < 4.78 is 5.16. The third-order valence-corrected chi connectivity index (χ3v) is 4.26. The third-order valence-electron chi connectivity index (χ3n) is 4.26. The summed E-state index contributed by atoms with van der Waals surface area (Å²) in [6, 6.07) is 12.9. The van der Waals surface area contributed by atoms with Gasteiger partial charge in [-0.25, -0.2) is 0 Å². The molecule has 0 aliphatic heterocycles. The van der Waals surface area contributed by atoms with Gasteiger partial charge in [-0.05, 0) is 44.9 Å². The van der Waals surface area contributed by atoms with Crippen LogP contribution >= 0.6 is 0 Å². The first kappa shape index (κ1) is 20.4. The molecule has 1 amide bonds. The van der Waals surface area contributed by atoms with Gasteiger partial charge in [0.05, 0.1) is 6.42 Å². The first-order valence-corrected chi connectivity index (χ1v) is 8.93. The lowest BCUT2D eigenvalue weighted by molar-refractivity contribution is -0.153. The maximum Gasteiger partial charge on any atom is 0.307 e. The lowest BCUT2D eigenvalue weighted by Crippen LogP contribution is -2.30. The van der Waals surface area contributed by atoms with Crippen molar-refractivity contribution in [1.29, 1.82) is 0 Å². The zero-order chi connectivity index (χ0) is 20.0. The molecule has 142 valence electrons. The normalized spacial score (nSPS) is 11.6. The molecule has 0 aromatic heterocycles. The van der Waals surface area contributed by atoms with E-state index in [1.54, 1.807) is 12.1 Å². The highest BCUT2D eigenvalue weighted by Crippen LogP contribution is 2.17. The van der Waals surface area contributed by atoms with Crippen LogP contribution in [0.3, 0.4) is 0 Å². The summed E-state index contributed by atoms with van der Waals surface area (Å²) in [5.41, 5.74) is 4.27. The van der Waals surface area contributed by atoms with Gasteiger partial charge in [0.15, 0.2) is 11.9 Å². The average molecular weight is 367 g/mol. The highest BCUT2D eigenvalue weighted by Gasteiger charge is 2.19. The van der Waals surface area contributed by atoms with Gasteiger partial charge in [0.25, 0.3) is 5.91 Å². The summed E-state index contributed by atoms with van der Waals surface area (Å²) in [6.07, 6.45) is -0.951. The molecule has 0 aliphatic carbocycles. The molecule has 1 unspecified atom stereocenters. The van der Waals surface area contributed by atoms with E-state index in [-0.39, 0.29) is 18.6 Å². The Kier molecular flexibility index (Phi) is 6.88. The number of benzene rings is 2. The molecule has 5 nitrogen and oxygen atoms in total. The zero-order valence-electron chi connectivity index (χ0n) is 16.2. The van der Waals surface area contributed by atoms with E-state index >= 15 is 0 Å². The molecule has 2 aromatic carbocycles. The van der Waals surface area contributed by atoms with E-state index < -0.39 is 18.0 Å². The SMILES string of the molecule is Cc1ccc(C(=O)CCC(=O)OC(C)C(=O)Nc2cc(C)ccc2C)cc1. The minimum Gasteiger partial charge on any atom is -0.453 e. The van der Waals surface area contributed by atoms with Crippen molar-refractivity contribution in [2.45, 2.75) is 46.6 Å². The summed E-state index contributed by atoms with van der Waals surface area (Å²) in [5, 5.41) is 2.77. The molecule has 0 bridgehead atoms. The fourth-order valence-electron chi connectivity index (χ4n) is 2.51. The molecule has 1 N–H and O–H groups in total. The number of aryl methyl sites for hydroxylation is 3. The molecule has 0 radical (unpaired) electrons. The van der Waals surface area contributed by atoms with Crippen molar-refractivity contribution in [3.63, 3.8) is 0 Å². The summed E-state index contributed by atoms with van der Waals surface area (Å²) in [5.74, 6) is -1.10. The van der Waals surface area contributed by atoms with Gasteiger partial charge in [0, 0.05) is 17.7 Å². The van der Waals surface area contributed by atoms with Crippen LogP contribution in [0.25, 0.3) is 0 Å². The van der Waals surface area contributed by atoms with Crippen molar-refractivity contribution in [3.05, 3.63) is 64.7 Å². The molecular formula is C22H25NO4. The van der Waals surface area contributed by atoms with Gasteiger partial charge in [0.1, 0.15) is 0 Å². The van der Waals surface area contributed by atoms with Crippen LogP contribution in [-0.2, 0) is 14.3 Å². The first-order chi connectivity index (χ1) is 12.8. The number of carbonyl (C=O) groups excluding carboxylic acids is 3. The van der Waals surface area contributed by atoms with E-state index in [0.717, 1.165) is 16.7 Å². The van der Waals surface area contributed by atoms with E-state index in [1.165, 1.54) is 6.92 Å². The number of ketones is 1. The Labute approximate surface area is 159 Å². The summed E-state index contributed by atoms with van der Waals surface area (Å²) in [7, 11) is 0. The number of hydrogen-bond donors (Lipinski definition) is 1. The lowest BCUT2D eigenvalue weighted by atomic mass is 10.1. The molecule has 0 saturated carbocycles. The number of amides is 1. The molecule has 0 aliphatic rings. The van der Waals surface area contributed by atoms with Crippen LogP contribution in [-0.4, -0.2) is 23.8 Å². The molecule has 5 heteroatoms. The minimum absolute atomic E-state index is 0.0488. The highest BCUT2D eigenvalue weighted by molar-refractivity contribution is 5.98. The Morgan fingerprint density at radius 2 is 1.56 bits per heavy atom. The predicted molar refractivity (Wildman–Crippen MR) is 105 cm³/mol. The van der Waals surface area contributed by atoms with Crippen molar-refractivity contribution < 1.29 is 19.1 Å². The van der Waals surface area contributed by atoms with Crippen LogP contribution < -0.4 is 5.32 Å². The maximum absolute atomic E-state index is 12.2. The first-order valence-electron chi connectivity index (χ1n) is 8.93. The van der Waals surface area contributed by atoms with Crippen molar-refractivity contribution in [1.82, 2.24) is 0 Å². The topological polar surface area (TPSA) is 72.5 Å². The van der Waals surface area contributed by atoms with Gasteiger partial charge in [-0.2, -0.15) is 0 Å². The van der Waals surface area contributed by atoms with Crippen molar-refractivity contribution in [2.75, 3.05) is 5.32 Å². The Balaban J connectivity index is 1.83. The predicted octanol–water partition coefficient (Wildman–Crippen LogP) is 4.15. The largest absolute Gasteiger partial charge is 0.453 e. The van der Waals surface area contributed by atoms with E-state index in [4.69, 9.17) is 4.74 Å². The second-order valence-electron chi connectivity index (χ2n) is 6.73. The van der Waals surface area contributed by atoms with Crippen LogP contribution in [0.2, 0.25) is 0 Å². The van der Waals surface area contributed by atoms with Crippen LogP contribution in [0.1, 0.15) is 46.8 Å². The third kappa shape index (κ3) is 6.06. The Morgan fingerprint density at radius 3 is 2.22 bits per heavy atom. The monoisotopic (exact) mass is 367 g/mol. The molecule has 0 spiro atoms. The van der Waals surface area contributed by atoms with Gasteiger partial charge >= 0.3 is 5.97 Å². The van der Waals surface area contributed by atoms with Crippen LogP contribution in [0.15, 0.2) is 42.5 Å². The van der Waals surface area contributed by atoms with Crippen LogP contribution in [0.5, 0.6) is 0 Å². The van der Waals surface area contributed by atoms with Gasteiger partial charge in [-0.1, -0.05) is 42.0 Å². The second kappa shape index (κ2) is 9.12. The van der Waals surface area contributed by atoms with E-state index in [9.17, 15) is 14.4 Å². The van der Waals surface area contributed by atoms with E-state index in [1.807, 2.05) is 51.1 Å². The Morgan fingerprint density at radius 1 is 0.926 bits per heavy atom. The standard InChI is InChI=1S/C22H25NO4/c1-14-6-9-18(10-7-14)20(24)11-12-21(25)27-17(4)22(26)23-19-13-15(2)5-8-16(19)3/h5-10,13,17H,11-12H2,1-4H3,(H,23,26). The van der Waals surface area contributed by atoms with Crippen LogP contribution in [0, 0.1) is 20.8 Å². The molecular weight excluding hydrogens is 342 g/mol. The Bertz CT molecular complexity index is 840. The molecule has 27 heavy (non-hydrogen) atoms. The number of Topliss-reactive ketones (excluding diaryl/α,β-unsaturated/α-hetero) is 1. The average Bonchev–Trinajstić information content (AvgIpc) is 2.63. The Hall–Kier alpha value is -2.95. The van der Waals surface area contributed by atoms with Crippen LogP contribution in [0.4, 0.5) is 5.69 Å². The number of rotatable bonds is 7. The molecule has 2 aromatic rings. The fraction of sp³-hybridized carbons (Fsp3) is 0.318. The lowest BCUT2D eigenvalue weighted by Gasteiger charge is -2.15. The van der Waals surface area contributed by atoms with Gasteiger partial charge in [-0.15, -0.1) is 0 Å². The van der Waals surface area contributed by atoms with Gasteiger partial charge in [-0.3, -0.25) is 14.4 Å². The quantitative estimate of drug-likeness (QED) is 0.589. The van der Waals surface area contributed by atoms with Gasteiger partial charge < -0.3 is 10.1 Å².